The maximum atomic E-state index is 10.6. The summed E-state index contributed by atoms with van der Waals surface area (Å²) in [6.45, 7) is 2.12. The predicted molar refractivity (Wildman–Crippen MR) is 64.0 cm³/mol. The van der Waals surface area contributed by atoms with E-state index < -0.39 is 6.03 Å². The van der Waals surface area contributed by atoms with Gasteiger partial charge in [-0.15, -0.1) is 0 Å². The van der Waals surface area contributed by atoms with Crippen molar-refractivity contribution in [1.82, 2.24) is 5.43 Å². The molecule has 3 N–H and O–H groups in total. The molecule has 0 aromatic carbocycles. The summed E-state index contributed by atoms with van der Waals surface area (Å²) < 4.78 is 0. The van der Waals surface area contributed by atoms with Crippen molar-refractivity contribution in [2.45, 2.75) is 45.4 Å². The molecule has 1 fully saturated rings. The van der Waals surface area contributed by atoms with E-state index in [1.54, 1.807) is 5.57 Å². The molecule has 0 heterocycles. The van der Waals surface area contributed by atoms with E-state index in [2.05, 4.69) is 17.5 Å². The van der Waals surface area contributed by atoms with Gasteiger partial charge in [0, 0.05) is 0 Å². The van der Waals surface area contributed by atoms with E-state index in [4.69, 9.17) is 5.73 Å². The number of hydrogen-bond acceptors (Lipinski definition) is 2. The van der Waals surface area contributed by atoms with Gasteiger partial charge < -0.3 is 5.73 Å². The second-order valence-corrected chi connectivity index (χ2v) is 4.67. The van der Waals surface area contributed by atoms with Crippen LogP contribution in [0.5, 0.6) is 0 Å². The van der Waals surface area contributed by atoms with E-state index >= 15 is 0 Å². The lowest BCUT2D eigenvalue weighted by molar-refractivity contribution is 0.249. The van der Waals surface area contributed by atoms with Gasteiger partial charge >= 0.3 is 6.03 Å². The van der Waals surface area contributed by atoms with Crippen LogP contribution >= 0.6 is 0 Å². The molecule has 0 aromatic rings. The Bertz CT molecular complexity index is 357. The molecule has 0 aromatic heterocycles. The molecule has 0 radical (unpaired) electrons. The highest BCUT2D eigenvalue weighted by atomic mass is 16.2. The number of amides is 2. The fourth-order valence-corrected chi connectivity index (χ4v) is 2.84. The quantitative estimate of drug-likeness (QED) is 0.655. The van der Waals surface area contributed by atoms with E-state index in [1.807, 2.05) is 0 Å². The monoisotopic (exact) mass is 221 g/mol. The molecule has 0 aliphatic heterocycles. The van der Waals surface area contributed by atoms with Crippen LogP contribution in [0.3, 0.4) is 0 Å². The van der Waals surface area contributed by atoms with Gasteiger partial charge in [-0.2, -0.15) is 5.10 Å². The van der Waals surface area contributed by atoms with Gasteiger partial charge in [0.15, 0.2) is 0 Å². The number of nitrogens with zero attached hydrogens (tertiary/aromatic N) is 1. The van der Waals surface area contributed by atoms with Gasteiger partial charge in [-0.05, 0) is 50.5 Å². The molecular formula is C12H19N3O. The fraction of sp³-hybridized carbons (Fsp3) is 0.667. The van der Waals surface area contributed by atoms with E-state index in [0.29, 0.717) is 0 Å². The van der Waals surface area contributed by atoms with Gasteiger partial charge in [0.2, 0.25) is 0 Å². The molecule has 2 aliphatic rings. The Labute approximate surface area is 96.0 Å². The minimum absolute atomic E-state index is 0.587. The van der Waals surface area contributed by atoms with Crippen molar-refractivity contribution >= 4 is 11.7 Å². The molecule has 2 amide bonds. The highest BCUT2D eigenvalue weighted by molar-refractivity contribution is 6.01. The van der Waals surface area contributed by atoms with Crippen molar-refractivity contribution in [3.05, 3.63) is 11.1 Å². The van der Waals surface area contributed by atoms with E-state index in [9.17, 15) is 4.79 Å². The Morgan fingerprint density at radius 1 is 1.38 bits per heavy atom. The molecule has 2 rings (SSSR count). The fourth-order valence-electron chi connectivity index (χ4n) is 2.84. The Morgan fingerprint density at radius 3 is 2.94 bits per heavy atom. The van der Waals surface area contributed by atoms with Gasteiger partial charge in [-0.3, -0.25) is 0 Å². The van der Waals surface area contributed by atoms with Crippen LogP contribution in [0.25, 0.3) is 0 Å². The lowest BCUT2D eigenvalue weighted by Gasteiger charge is -2.32. The van der Waals surface area contributed by atoms with Gasteiger partial charge in [0.25, 0.3) is 0 Å². The first kappa shape index (κ1) is 11.2. The number of rotatable bonds is 1. The Balaban J connectivity index is 2.18. The Morgan fingerprint density at radius 2 is 2.19 bits per heavy atom. The third kappa shape index (κ3) is 2.26. The molecule has 1 atom stereocenters. The molecule has 0 bridgehead atoms. The topological polar surface area (TPSA) is 67.5 Å². The summed E-state index contributed by atoms with van der Waals surface area (Å²) in [6.07, 6.45) is 7.30. The minimum Gasteiger partial charge on any atom is -0.350 e. The standard InChI is InChI=1S/C12H19N3O/c1-8-10-5-3-2-4-9(10)6-7-11(8)14-15-12(13)16/h9H,2-7H2,1H3,(H3,13,15,16)/b14-11+. The summed E-state index contributed by atoms with van der Waals surface area (Å²) >= 11 is 0. The zero-order valence-electron chi connectivity index (χ0n) is 9.75. The number of nitrogens with two attached hydrogens (primary N) is 1. The third-order valence-electron chi connectivity index (χ3n) is 3.69. The minimum atomic E-state index is -0.587. The average molecular weight is 221 g/mol. The van der Waals surface area contributed by atoms with Gasteiger partial charge in [-0.25, -0.2) is 10.2 Å². The van der Waals surface area contributed by atoms with Crippen molar-refractivity contribution < 1.29 is 4.79 Å². The number of carbonyl (C=O) groups excluding carboxylic acids is 1. The van der Waals surface area contributed by atoms with E-state index in [-0.39, 0.29) is 0 Å². The first-order valence-electron chi connectivity index (χ1n) is 6.00. The summed E-state index contributed by atoms with van der Waals surface area (Å²) in [6, 6.07) is -0.587. The van der Waals surface area contributed by atoms with Gasteiger partial charge in [0.1, 0.15) is 0 Å². The second-order valence-electron chi connectivity index (χ2n) is 4.67. The maximum Gasteiger partial charge on any atom is 0.332 e. The number of primary amides is 1. The van der Waals surface area contributed by atoms with Crippen molar-refractivity contribution in [2.24, 2.45) is 16.8 Å². The number of nitrogens with one attached hydrogen (secondary N) is 1. The van der Waals surface area contributed by atoms with Crippen molar-refractivity contribution in [3.8, 4) is 0 Å². The summed E-state index contributed by atoms with van der Waals surface area (Å²) in [5.41, 5.74) is 11.2. The number of urea groups is 1. The molecule has 16 heavy (non-hydrogen) atoms. The van der Waals surface area contributed by atoms with Crippen molar-refractivity contribution in [2.75, 3.05) is 0 Å². The number of allylic oxidation sites excluding steroid dienone is 2. The summed E-state index contributed by atoms with van der Waals surface area (Å²) in [5.74, 6) is 0.765. The van der Waals surface area contributed by atoms with Crippen molar-refractivity contribution in [1.29, 1.82) is 0 Å². The van der Waals surface area contributed by atoms with E-state index in [1.165, 1.54) is 37.7 Å². The number of hydrazone groups is 1. The predicted octanol–water partition coefficient (Wildman–Crippen LogP) is 2.31. The maximum absolute atomic E-state index is 10.6. The summed E-state index contributed by atoms with van der Waals surface area (Å²) in [4.78, 5) is 10.6. The van der Waals surface area contributed by atoms with Crippen LogP contribution in [0, 0.1) is 5.92 Å². The second kappa shape index (κ2) is 4.68. The zero-order valence-corrected chi connectivity index (χ0v) is 9.75. The molecule has 1 saturated carbocycles. The number of carbonyl (C=O) groups is 1. The lowest BCUT2D eigenvalue weighted by Crippen LogP contribution is -2.28. The molecule has 88 valence electrons. The van der Waals surface area contributed by atoms with Gasteiger partial charge in [0.05, 0.1) is 5.71 Å². The summed E-state index contributed by atoms with van der Waals surface area (Å²) in [5, 5.41) is 4.09. The third-order valence-corrected chi connectivity index (χ3v) is 3.69. The number of fused-ring (bicyclic) bond motifs is 1. The molecule has 1 unspecified atom stereocenters. The van der Waals surface area contributed by atoms with Crippen molar-refractivity contribution in [3.63, 3.8) is 0 Å². The van der Waals surface area contributed by atoms with Crippen LogP contribution in [-0.4, -0.2) is 11.7 Å². The van der Waals surface area contributed by atoms with Gasteiger partial charge in [-0.1, -0.05) is 12.0 Å². The average Bonchev–Trinajstić information content (AvgIpc) is 2.28. The SMILES string of the molecule is CC1=C2CCCCC2CC/C1=N\NC(N)=O. The highest BCUT2D eigenvalue weighted by Crippen LogP contribution is 2.38. The van der Waals surface area contributed by atoms with Crippen LogP contribution in [-0.2, 0) is 0 Å². The van der Waals surface area contributed by atoms with Crippen LogP contribution in [0.1, 0.15) is 45.4 Å². The molecule has 4 nitrogen and oxygen atoms in total. The highest BCUT2D eigenvalue weighted by Gasteiger charge is 2.26. The van der Waals surface area contributed by atoms with Crippen LogP contribution in [0.4, 0.5) is 4.79 Å². The first-order valence-corrected chi connectivity index (χ1v) is 6.00. The molecular weight excluding hydrogens is 202 g/mol. The van der Waals surface area contributed by atoms with Crippen LogP contribution < -0.4 is 11.2 Å². The molecule has 0 saturated heterocycles. The molecule has 2 aliphatic carbocycles. The molecule has 0 spiro atoms. The smallest absolute Gasteiger partial charge is 0.332 e. The van der Waals surface area contributed by atoms with E-state index in [0.717, 1.165) is 18.1 Å². The van der Waals surface area contributed by atoms with Crippen LogP contribution in [0.15, 0.2) is 16.2 Å². The number of hydrogen-bond donors (Lipinski definition) is 2. The Kier molecular flexibility index (Phi) is 3.27. The zero-order chi connectivity index (χ0) is 11.5. The summed E-state index contributed by atoms with van der Waals surface area (Å²) in [7, 11) is 0. The van der Waals surface area contributed by atoms with Crippen LogP contribution in [0.2, 0.25) is 0 Å². The Hall–Kier alpha value is -1.32. The molecule has 4 heteroatoms. The normalized spacial score (nSPS) is 27.8. The largest absolute Gasteiger partial charge is 0.350 e. The lowest BCUT2D eigenvalue weighted by atomic mass is 9.74. The first-order chi connectivity index (χ1) is 7.68.